The molecular weight excluding hydrogens is 218 g/mol. The first-order valence-electron chi connectivity index (χ1n) is 5.87. The lowest BCUT2D eigenvalue weighted by Gasteiger charge is -2.12. The van der Waals surface area contributed by atoms with E-state index < -0.39 is 12.0 Å². The molecular formula is C13H17NO3. The van der Waals surface area contributed by atoms with Gasteiger partial charge in [-0.2, -0.15) is 0 Å². The fraction of sp³-hybridized carbons (Fsp3) is 0.462. The molecule has 1 unspecified atom stereocenters. The fourth-order valence-electron chi connectivity index (χ4n) is 1.43. The van der Waals surface area contributed by atoms with Gasteiger partial charge in [-0.3, -0.25) is 4.79 Å². The van der Waals surface area contributed by atoms with Crippen LogP contribution < -0.4 is 10.1 Å². The number of carbonyl (C=O) groups is 1. The van der Waals surface area contributed by atoms with E-state index >= 15 is 0 Å². The highest BCUT2D eigenvalue weighted by atomic mass is 16.5. The SMILES string of the molecule is CC(O)C(=O)Nc1ccccc1OCC1CC1. The van der Waals surface area contributed by atoms with Crippen LogP contribution in [-0.2, 0) is 4.79 Å². The summed E-state index contributed by atoms with van der Waals surface area (Å²) in [5, 5.41) is 11.8. The standard InChI is InChI=1S/C13H17NO3/c1-9(15)13(16)14-11-4-2-3-5-12(11)17-8-10-6-7-10/h2-5,9-10,15H,6-8H2,1H3,(H,14,16). The normalized spacial score (nSPS) is 16.4. The van der Waals surface area contributed by atoms with E-state index in [1.165, 1.54) is 19.8 Å². The van der Waals surface area contributed by atoms with Crippen LogP contribution in [0.1, 0.15) is 19.8 Å². The van der Waals surface area contributed by atoms with Crippen LogP contribution in [-0.4, -0.2) is 23.7 Å². The second-order valence-corrected chi connectivity index (χ2v) is 4.42. The van der Waals surface area contributed by atoms with Gasteiger partial charge in [0.2, 0.25) is 0 Å². The van der Waals surface area contributed by atoms with Gasteiger partial charge in [-0.1, -0.05) is 12.1 Å². The summed E-state index contributed by atoms with van der Waals surface area (Å²) in [5.74, 6) is 0.899. The highest BCUT2D eigenvalue weighted by Gasteiger charge is 2.22. The Kier molecular flexibility index (Phi) is 3.64. The van der Waals surface area contributed by atoms with Crippen LogP contribution in [0.25, 0.3) is 0 Å². The van der Waals surface area contributed by atoms with Crippen molar-refractivity contribution < 1.29 is 14.6 Å². The second kappa shape index (κ2) is 5.19. The number of anilines is 1. The summed E-state index contributed by atoms with van der Waals surface area (Å²) in [6.45, 7) is 2.13. The van der Waals surface area contributed by atoms with Crippen molar-refractivity contribution in [2.24, 2.45) is 5.92 Å². The number of hydrogen-bond acceptors (Lipinski definition) is 3. The number of amides is 1. The van der Waals surface area contributed by atoms with Crippen LogP contribution in [0, 0.1) is 5.92 Å². The van der Waals surface area contributed by atoms with Gasteiger partial charge in [0.05, 0.1) is 12.3 Å². The Morgan fingerprint density at radius 3 is 2.88 bits per heavy atom. The third-order valence-electron chi connectivity index (χ3n) is 2.70. The van der Waals surface area contributed by atoms with E-state index in [2.05, 4.69) is 5.32 Å². The Morgan fingerprint density at radius 1 is 1.53 bits per heavy atom. The summed E-state index contributed by atoms with van der Waals surface area (Å²) < 4.78 is 5.65. The average molecular weight is 235 g/mol. The number of aliphatic hydroxyl groups excluding tert-OH is 1. The molecule has 1 aromatic carbocycles. The fourth-order valence-corrected chi connectivity index (χ4v) is 1.43. The molecule has 4 nitrogen and oxygen atoms in total. The molecule has 0 aliphatic heterocycles. The number of benzene rings is 1. The zero-order chi connectivity index (χ0) is 12.3. The molecule has 1 fully saturated rings. The number of rotatable bonds is 5. The molecule has 92 valence electrons. The second-order valence-electron chi connectivity index (χ2n) is 4.42. The summed E-state index contributed by atoms with van der Waals surface area (Å²) in [6.07, 6.45) is 1.43. The summed E-state index contributed by atoms with van der Waals surface area (Å²) >= 11 is 0. The minimum absolute atomic E-state index is 0.424. The number of para-hydroxylation sites is 2. The average Bonchev–Trinajstić information content (AvgIpc) is 3.11. The summed E-state index contributed by atoms with van der Waals surface area (Å²) in [5.41, 5.74) is 0.610. The van der Waals surface area contributed by atoms with Gasteiger partial charge in [-0.25, -0.2) is 0 Å². The van der Waals surface area contributed by atoms with Crippen molar-refractivity contribution in [3.63, 3.8) is 0 Å². The quantitative estimate of drug-likeness (QED) is 0.818. The zero-order valence-corrected chi connectivity index (χ0v) is 9.85. The van der Waals surface area contributed by atoms with Gasteiger partial charge in [-0.15, -0.1) is 0 Å². The Morgan fingerprint density at radius 2 is 2.24 bits per heavy atom. The van der Waals surface area contributed by atoms with Crippen molar-refractivity contribution in [2.45, 2.75) is 25.9 Å². The van der Waals surface area contributed by atoms with Crippen LogP contribution in [0.3, 0.4) is 0 Å². The highest BCUT2D eigenvalue weighted by molar-refractivity contribution is 5.94. The molecule has 2 N–H and O–H groups in total. The van der Waals surface area contributed by atoms with Gasteiger partial charge in [-0.05, 0) is 37.8 Å². The number of hydrogen-bond donors (Lipinski definition) is 2. The number of nitrogens with one attached hydrogen (secondary N) is 1. The molecule has 1 atom stereocenters. The van der Waals surface area contributed by atoms with E-state index in [-0.39, 0.29) is 0 Å². The molecule has 1 aliphatic carbocycles. The molecule has 2 rings (SSSR count). The third kappa shape index (κ3) is 3.46. The van der Waals surface area contributed by atoms with Gasteiger partial charge in [0.1, 0.15) is 11.9 Å². The maximum absolute atomic E-state index is 11.4. The summed E-state index contributed by atoms with van der Waals surface area (Å²) in [4.78, 5) is 11.4. The van der Waals surface area contributed by atoms with Crippen molar-refractivity contribution in [1.29, 1.82) is 0 Å². The molecule has 1 saturated carbocycles. The van der Waals surface area contributed by atoms with E-state index in [1.54, 1.807) is 6.07 Å². The maximum Gasteiger partial charge on any atom is 0.253 e. The van der Waals surface area contributed by atoms with Gasteiger partial charge in [0.15, 0.2) is 0 Å². The Hall–Kier alpha value is -1.55. The summed E-state index contributed by atoms with van der Waals surface area (Å²) in [7, 11) is 0. The predicted molar refractivity (Wildman–Crippen MR) is 65.0 cm³/mol. The van der Waals surface area contributed by atoms with Crippen LogP contribution in [0.5, 0.6) is 5.75 Å². The lowest BCUT2D eigenvalue weighted by molar-refractivity contribution is -0.123. The minimum Gasteiger partial charge on any atom is -0.491 e. The Labute approximate surface area is 101 Å². The molecule has 17 heavy (non-hydrogen) atoms. The molecule has 0 saturated heterocycles. The third-order valence-corrected chi connectivity index (χ3v) is 2.70. The van der Waals surface area contributed by atoms with Crippen LogP contribution in [0.2, 0.25) is 0 Å². The first-order chi connectivity index (χ1) is 8.16. The van der Waals surface area contributed by atoms with Crippen molar-refractivity contribution in [3.05, 3.63) is 24.3 Å². The topological polar surface area (TPSA) is 58.6 Å². The molecule has 0 heterocycles. The maximum atomic E-state index is 11.4. The Balaban J connectivity index is 2.01. The van der Waals surface area contributed by atoms with E-state index in [9.17, 15) is 4.79 Å². The van der Waals surface area contributed by atoms with Crippen molar-refractivity contribution in [1.82, 2.24) is 0 Å². The van der Waals surface area contributed by atoms with Crippen molar-refractivity contribution >= 4 is 11.6 Å². The van der Waals surface area contributed by atoms with Crippen LogP contribution in [0.4, 0.5) is 5.69 Å². The highest BCUT2D eigenvalue weighted by Crippen LogP contribution is 2.31. The largest absolute Gasteiger partial charge is 0.491 e. The number of ether oxygens (including phenoxy) is 1. The van der Waals surface area contributed by atoms with E-state index in [0.717, 1.165) is 0 Å². The summed E-state index contributed by atoms with van der Waals surface area (Å²) in [6, 6.07) is 7.27. The number of aliphatic hydroxyl groups is 1. The first-order valence-corrected chi connectivity index (χ1v) is 5.87. The molecule has 1 aromatic rings. The lowest BCUT2D eigenvalue weighted by atomic mass is 10.2. The molecule has 0 aromatic heterocycles. The van der Waals surface area contributed by atoms with Crippen LogP contribution in [0.15, 0.2) is 24.3 Å². The monoisotopic (exact) mass is 235 g/mol. The van der Waals surface area contributed by atoms with Gasteiger partial charge in [0, 0.05) is 0 Å². The first kappa shape index (κ1) is 11.9. The van der Waals surface area contributed by atoms with Crippen molar-refractivity contribution in [2.75, 3.05) is 11.9 Å². The lowest BCUT2D eigenvalue weighted by Crippen LogP contribution is -2.24. The molecule has 0 radical (unpaired) electrons. The molecule has 1 aliphatic rings. The van der Waals surface area contributed by atoms with E-state index in [0.29, 0.717) is 24.0 Å². The molecule has 0 bridgehead atoms. The zero-order valence-electron chi connectivity index (χ0n) is 9.85. The van der Waals surface area contributed by atoms with E-state index in [1.807, 2.05) is 18.2 Å². The van der Waals surface area contributed by atoms with Crippen molar-refractivity contribution in [3.8, 4) is 5.75 Å². The predicted octanol–water partition coefficient (Wildman–Crippen LogP) is 1.79. The number of carbonyl (C=O) groups excluding carboxylic acids is 1. The molecule has 0 spiro atoms. The smallest absolute Gasteiger partial charge is 0.253 e. The van der Waals surface area contributed by atoms with E-state index in [4.69, 9.17) is 9.84 Å². The molecule has 1 amide bonds. The van der Waals surface area contributed by atoms with Gasteiger partial charge >= 0.3 is 0 Å². The Bertz CT molecular complexity index is 399. The van der Waals surface area contributed by atoms with Crippen LogP contribution >= 0.6 is 0 Å². The molecule has 4 heteroatoms. The van der Waals surface area contributed by atoms with Gasteiger partial charge in [0.25, 0.3) is 5.91 Å². The minimum atomic E-state index is -1.02. The van der Waals surface area contributed by atoms with Gasteiger partial charge < -0.3 is 15.2 Å².